The van der Waals surface area contributed by atoms with Gasteiger partial charge in [0.1, 0.15) is 18.2 Å². The van der Waals surface area contributed by atoms with Crippen molar-refractivity contribution in [2.45, 2.75) is 19.6 Å². The van der Waals surface area contributed by atoms with Gasteiger partial charge in [-0.1, -0.05) is 30.3 Å². The molecular weight excluding hydrogens is 494 g/mol. The van der Waals surface area contributed by atoms with Crippen molar-refractivity contribution < 1.29 is 9.13 Å². The smallest absolute Gasteiger partial charge is 0.191 e. The Morgan fingerprint density at radius 3 is 2.60 bits per heavy atom. The van der Waals surface area contributed by atoms with Crippen molar-refractivity contribution in [3.05, 3.63) is 95.6 Å². The molecule has 2 N–H and O–H groups in total. The maximum Gasteiger partial charge on any atom is 0.191 e. The molecule has 0 unspecified atom stereocenters. The molecule has 1 heterocycles. The van der Waals surface area contributed by atoms with Crippen LogP contribution in [0.1, 0.15) is 16.8 Å². The summed E-state index contributed by atoms with van der Waals surface area (Å²) >= 11 is 0. The summed E-state index contributed by atoms with van der Waals surface area (Å²) in [6, 6.07) is 20.3. The van der Waals surface area contributed by atoms with Crippen molar-refractivity contribution in [3.8, 4) is 5.75 Å². The number of hydrogen-bond acceptors (Lipinski definition) is 3. The number of ether oxygens (including phenoxy) is 1. The van der Waals surface area contributed by atoms with Gasteiger partial charge in [0.15, 0.2) is 5.96 Å². The van der Waals surface area contributed by atoms with E-state index in [1.807, 2.05) is 48.5 Å². The highest BCUT2D eigenvalue weighted by atomic mass is 127. The fraction of sp³-hybridized carbons (Fsp3) is 0.217. The molecule has 0 amide bonds. The van der Waals surface area contributed by atoms with Crippen LogP contribution in [0.3, 0.4) is 0 Å². The molecule has 158 valence electrons. The summed E-state index contributed by atoms with van der Waals surface area (Å²) in [4.78, 5) is 8.49. The average molecular weight is 520 g/mol. The van der Waals surface area contributed by atoms with Crippen LogP contribution in [0.25, 0.3) is 0 Å². The fourth-order valence-corrected chi connectivity index (χ4v) is 2.81. The molecule has 0 saturated carbocycles. The van der Waals surface area contributed by atoms with E-state index < -0.39 is 0 Å². The van der Waals surface area contributed by atoms with E-state index in [2.05, 4.69) is 20.6 Å². The first-order chi connectivity index (χ1) is 14.2. The lowest BCUT2D eigenvalue weighted by molar-refractivity contribution is 0.301. The number of aromatic nitrogens is 1. The summed E-state index contributed by atoms with van der Waals surface area (Å²) in [7, 11) is 1.73. The van der Waals surface area contributed by atoms with Gasteiger partial charge in [-0.3, -0.25) is 9.98 Å². The molecule has 0 spiro atoms. The molecule has 2 aromatic carbocycles. The van der Waals surface area contributed by atoms with E-state index in [4.69, 9.17) is 4.74 Å². The molecule has 0 bridgehead atoms. The molecular formula is C23H26FIN4O. The third-order valence-electron chi connectivity index (χ3n) is 4.29. The number of nitrogens with one attached hydrogen (secondary N) is 2. The molecule has 0 atom stereocenters. The summed E-state index contributed by atoms with van der Waals surface area (Å²) in [5, 5.41) is 6.53. The Balaban J connectivity index is 0.00000320. The summed E-state index contributed by atoms with van der Waals surface area (Å²) in [6.45, 7) is 1.71. The maximum atomic E-state index is 13.2. The van der Waals surface area contributed by atoms with Gasteiger partial charge in [0.25, 0.3) is 0 Å². The van der Waals surface area contributed by atoms with Gasteiger partial charge < -0.3 is 15.4 Å². The molecule has 30 heavy (non-hydrogen) atoms. The van der Waals surface area contributed by atoms with Crippen LogP contribution < -0.4 is 15.4 Å². The van der Waals surface area contributed by atoms with Crippen molar-refractivity contribution in [2.75, 3.05) is 13.6 Å². The largest absolute Gasteiger partial charge is 0.487 e. The summed E-state index contributed by atoms with van der Waals surface area (Å²) in [5.74, 6) is 1.28. The van der Waals surface area contributed by atoms with Crippen molar-refractivity contribution in [1.82, 2.24) is 15.6 Å². The van der Waals surface area contributed by atoms with E-state index in [-0.39, 0.29) is 29.8 Å². The average Bonchev–Trinajstić information content (AvgIpc) is 2.76. The molecule has 0 saturated heterocycles. The SMILES string of the molecule is CN=C(NCCc1cccc(F)c1)NCc1cccc(OCc2ccccn2)c1.I. The molecule has 0 fully saturated rings. The number of nitrogens with zero attached hydrogens (tertiary/aromatic N) is 2. The number of rotatable bonds is 8. The van der Waals surface area contributed by atoms with E-state index in [0.29, 0.717) is 25.7 Å². The highest BCUT2D eigenvalue weighted by molar-refractivity contribution is 14.0. The van der Waals surface area contributed by atoms with Crippen molar-refractivity contribution in [3.63, 3.8) is 0 Å². The van der Waals surface area contributed by atoms with Crippen molar-refractivity contribution in [1.29, 1.82) is 0 Å². The molecule has 7 heteroatoms. The molecule has 3 rings (SSSR count). The van der Waals surface area contributed by atoms with Crippen LogP contribution in [0.4, 0.5) is 4.39 Å². The summed E-state index contributed by atoms with van der Waals surface area (Å²) in [6.07, 6.45) is 2.47. The molecule has 5 nitrogen and oxygen atoms in total. The highest BCUT2D eigenvalue weighted by Crippen LogP contribution is 2.14. The second kappa shape index (κ2) is 12.8. The van der Waals surface area contributed by atoms with Crippen LogP contribution in [0, 0.1) is 5.82 Å². The Morgan fingerprint density at radius 2 is 1.83 bits per heavy atom. The molecule has 3 aromatic rings. The van der Waals surface area contributed by atoms with Crippen molar-refractivity contribution >= 4 is 29.9 Å². The monoisotopic (exact) mass is 520 g/mol. The number of hydrogen-bond donors (Lipinski definition) is 2. The van der Waals surface area contributed by atoms with Crippen LogP contribution in [0.15, 0.2) is 77.9 Å². The van der Waals surface area contributed by atoms with Gasteiger partial charge in [-0.25, -0.2) is 4.39 Å². The highest BCUT2D eigenvalue weighted by Gasteiger charge is 2.02. The quantitative estimate of drug-likeness (QED) is 0.264. The molecule has 0 aliphatic carbocycles. The third kappa shape index (κ3) is 7.98. The summed E-state index contributed by atoms with van der Waals surface area (Å²) in [5.41, 5.74) is 2.92. The lowest BCUT2D eigenvalue weighted by Crippen LogP contribution is -2.37. The van der Waals surface area contributed by atoms with Gasteiger partial charge in [-0.2, -0.15) is 0 Å². The lowest BCUT2D eigenvalue weighted by Gasteiger charge is -2.13. The molecule has 0 aliphatic heterocycles. The zero-order valence-electron chi connectivity index (χ0n) is 16.8. The normalized spacial score (nSPS) is 10.8. The number of aliphatic imine (C=N–C) groups is 1. The van der Waals surface area contributed by atoms with Gasteiger partial charge in [0.05, 0.1) is 5.69 Å². The van der Waals surface area contributed by atoms with Crippen LogP contribution in [-0.4, -0.2) is 24.5 Å². The van der Waals surface area contributed by atoms with Crippen molar-refractivity contribution in [2.24, 2.45) is 4.99 Å². The lowest BCUT2D eigenvalue weighted by atomic mass is 10.1. The van der Waals surface area contributed by atoms with Crippen LogP contribution in [0.5, 0.6) is 5.75 Å². The van der Waals surface area contributed by atoms with Gasteiger partial charge >= 0.3 is 0 Å². The number of pyridine rings is 1. The van der Waals surface area contributed by atoms with Crippen LogP contribution in [0.2, 0.25) is 0 Å². The van der Waals surface area contributed by atoms with E-state index in [9.17, 15) is 4.39 Å². The van der Waals surface area contributed by atoms with Gasteiger partial charge in [0, 0.05) is 26.3 Å². The second-order valence-corrected chi connectivity index (χ2v) is 6.49. The molecule has 1 aromatic heterocycles. The zero-order chi connectivity index (χ0) is 20.3. The van der Waals surface area contributed by atoms with Gasteiger partial charge in [-0.05, 0) is 53.9 Å². The number of guanidine groups is 1. The predicted octanol–water partition coefficient (Wildman–Crippen LogP) is 4.33. The standard InChI is InChI=1S/C23H25FN4O.HI/c1-25-23(27-13-11-18-6-4-8-20(24)14-18)28-16-19-7-5-10-22(15-19)29-17-21-9-2-3-12-26-21;/h2-10,12,14-15H,11,13,16-17H2,1H3,(H2,25,27,28);1H. The first-order valence-electron chi connectivity index (χ1n) is 9.53. The minimum absolute atomic E-state index is 0. The zero-order valence-corrected chi connectivity index (χ0v) is 19.2. The first-order valence-corrected chi connectivity index (χ1v) is 9.53. The van der Waals surface area contributed by atoms with E-state index in [1.165, 1.54) is 6.07 Å². The Labute approximate surface area is 193 Å². The second-order valence-electron chi connectivity index (χ2n) is 6.49. The Morgan fingerprint density at radius 1 is 1.00 bits per heavy atom. The van der Waals surface area contributed by atoms with E-state index in [0.717, 1.165) is 29.0 Å². The van der Waals surface area contributed by atoms with E-state index >= 15 is 0 Å². The minimum Gasteiger partial charge on any atom is -0.487 e. The predicted molar refractivity (Wildman–Crippen MR) is 129 cm³/mol. The van der Waals surface area contributed by atoms with E-state index in [1.54, 1.807) is 25.4 Å². The minimum atomic E-state index is -0.213. The Bertz CT molecular complexity index is 937. The topological polar surface area (TPSA) is 58.5 Å². The Kier molecular flexibility index (Phi) is 10.1. The Hall–Kier alpha value is -2.68. The molecule has 0 radical (unpaired) electrons. The number of halogens is 2. The first kappa shape index (κ1) is 23.6. The summed E-state index contributed by atoms with van der Waals surface area (Å²) < 4.78 is 19.1. The maximum absolute atomic E-state index is 13.2. The van der Waals surface area contributed by atoms with Crippen LogP contribution >= 0.6 is 24.0 Å². The van der Waals surface area contributed by atoms with Crippen LogP contribution in [-0.2, 0) is 19.6 Å². The van der Waals surface area contributed by atoms with Gasteiger partial charge in [0.2, 0.25) is 0 Å². The van der Waals surface area contributed by atoms with Gasteiger partial charge in [-0.15, -0.1) is 24.0 Å². The number of benzene rings is 2. The molecule has 0 aliphatic rings. The fourth-order valence-electron chi connectivity index (χ4n) is 2.81. The third-order valence-corrected chi connectivity index (χ3v) is 4.29.